The van der Waals surface area contributed by atoms with E-state index in [1.807, 2.05) is 6.92 Å². The highest BCUT2D eigenvalue weighted by Crippen LogP contribution is 2.36. The minimum Gasteiger partial charge on any atom is -0.497 e. The van der Waals surface area contributed by atoms with E-state index >= 15 is 0 Å². The van der Waals surface area contributed by atoms with Crippen molar-refractivity contribution in [3.63, 3.8) is 0 Å². The Kier molecular flexibility index (Phi) is 7.07. The van der Waals surface area contributed by atoms with Crippen LogP contribution >= 0.6 is 11.6 Å². The van der Waals surface area contributed by atoms with Crippen LogP contribution in [0.15, 0.2) is 36.4 Å². The lowest BCUT2D eigenvalue weighted by Crippen LogP contribution is -2.24. The number of rotatable bonds is 8. The fourth-order valence-corrected chi connectivity index (χ4v) is 2.66. The largest absolute Gasteiger partial charge is 0.497 e. The molecule has 0 fully saturated rings. The van der Waals surface area contributed by atoms with E-state index in [4.69, 9.17) is 30.5 Å². The van der Waals surface area contributed by atoms with Crippen molar-refractivity contribution >= 4 is 23.4 Å². The van der Waals surface area contributed by atoms with Crippen molar-refractivity contribution in [1.82, 2.24) is 0 Å². The second kappa shape index (κ2) is 9.28. The number of carbonyl (C=O) groups is 2. The van der Waals surface area contributed by atoms with E-state index in [9.17, 15) is 9.59 Å². The van der Waals surface area contributed by atoms with Crippen molar-refractivity contribution in [2.45, 2.75) is 20.0 Å². The fraction of sp³-hybridized carbons (Fsp3) is 0.300. The summed E-state index contributed by atoms with van der Waals surface area (Å²) in [7, 11) is 2.98. The van der Waals surface area contributed by atoms with Crippen molar-refractivity contribution in [2.75, 3.05) is 20.8 Å². The average Bonchev–Trinajstić information content (AvgIpc) is 2.68. The summed E-state index contributed by atoms with van der Waals surface area (Å²) in [5, 5.41) is 0.220. The predicted octanol–water partition coefficient (Wildman–Crippen LogP) is 4.18. The van der Waals surface area contributed by atoms with Gasteiger partial charge in [-0.3, -0.25) is 4.79 Å². The smallest absolute Gasteiger partial charge is 0.339 e. The summed E-state index contributed by atoms with van der Waals surface area (Å²) in [6.07, 6.45) is -0.970. The van der Waals surface area contributed by atoms with Crippen LogP contribution in [0.25, 0.3) is 0 Å². The van der Waals surface area contributed by atoms with Crippen LogP contribution < -0.4 is 14.2 Å². The number of carbonyl (C=O) groups excluding carboxylic acids is 2. The highest BCUT2D eigenvalue weighted by Gasteiger charge is 2.22. The molecule has 0 aromatic heterocycles. The maximum Gasteiger partial charge on any atom is 0.339 e. The van der Waals surface area contributed by atoms with Crippen LogP contribution in [-0.2, 0) is 4.74 Å². The van der Waals surface area contributed by atoms with E-state index in [0.29, 0.717) is 29.4 Å². The molecular formula is C20H21ClO6. The van der Waals surface area contributed by atoms with Crippen molar-refractivity contribution in [3.05, 3.63) is 52.5 Å². The van der Waals surface area contributed by atoms with Gasteiger partial charge in [-0.1, -0.05) is 11.6 Å². The number of hydrogen-bond donors (Lipinski definition) is 0. The lowest BCUT2D eigenvalue weighted by Gasteiger charge is -2.15. The molecule has 6 nitrogen and oxygen atoms in total. The molecule has 0 bridgehead atoms. The quantitative estimate of drug-likeness (QED) is 0.495. The van der Waals surface area contributed by atoms with Crippen LogP contribution in [0.2, 0.25) is 5.02 Å². The molecule has 0 aliphatic rings. The Morgan fingerprint density at radius 3 is 2.26 bits per heavy atom. The maximum atomic E-state index is 12.5. The molecule has 0 saturated carbocycles. The molecule has 1 atom stereocenters. The number of benzene rings is 2. The second-order valence-electron chi connectivity index (χ2n) is 5.56. The molecule has 0 radical (unpaired) electrons. The molecule has 0 spiro atoms. The number of esters is 1. The van der Waals surface area contributed by atoms with Gasteiger partial charge in [0.2, 0.25) is 5.78 Å². The van der Waals surface area contributed by atoms with Crippen molar-refractivity contribution in [3.8, 4) is 17.2 Å². The van der Waals surface area contributed by atoms with Crippen LogP contribution in [-0.4, -0.2) is 38.7 Å². The Hall–Kier alpha value is -2.73. The van der Waals surface area contributed by atoms with Gasteiger partial charge in [-0.2, -0.15) is 0 Å². The number of ketones is 1. The molecule has 2 aromatic rings. The van der Waals surface area contributed by atoms with Crippen LogP contribution in [0.5, 0.6) is 17.2 Å². The number of hydrogen-bond acceptors (Lipinski definition) is 6. The molecule has 0 amide bonds. The molecule has 144 valence electrons. The topological polar surface area (TPSA) is 71.1 Å². The average molecular weight is 393 g/mol. The number of ether oxygens (including phenoxy) is 4. The Bertz CT molecular complexity index is 816. The zero-order valence-electron chi connectivity index (χ0n) is 15.6. The summed E-state index contributed by atoms with van der Waals surface area (Å²) in [6, 6.07) is 9.44. The van der Waals surface area contributed by atoms with Gasteiger partial charge < -0.3 is 18.9 Å². The third-order valence-electron chi connectivity index (χ3n) is 3.78. The van der Waals surface area contributed by atoms with E-state index in [1.165, 1.54) is 33.3 Å². The Balaban J connectivity index is 2.15. The monoisotopic (exact) mass is 392 g/mol. The summed E-state index contributed by atoms with van der Waals surface area (Å²) < 4.78 is 21.0. The minimum absolute atomic E-state index is 0.162. The van der Waals surface area contributed by atoms with Crippen molar-refractivity contribution in [1.29, 1.82) is 0 Å². The van der Waals surface area contributed by atoms with Gasteiger partial charge in [0.25, 0.3) is 0 Å². The van der Waals surface area contributed by atoms with E-state index in [-0.39, 0.29) is 16.4 Å². The van der Waals surface area contributed by atoms with Crippen LogP contribution in [0.1, 0.15) is 34.6 Å². The van der Waals surface area contributed by atoms with Gasteiger partial charge in [0, 0.05) is 5.56 Å². The van der Waals surface area contributed by atoms with Gasteiger partial charge >= 0.3 is 5.97 Å². The lowest BCUT2D eigenvalue weighted by atomic mass is 10.1. The van der Waals surface area contributed by atoms with Crippen LogP contribution in [0.4, 0.5) is 0 Å². The number of Topliss-reactive ketones (excluding diaryl/α,β-unsaturated/α-hetero) is 1. The summed E-state index contributed by atoms with van der Waals surface area (Å²) in [4.78, 5) is 24.9. The Morgan fingerprint density at radius 2 is 1.70 bits per heavy atom. The summed E-state index contributed by atoms with van der Waals surface area (Å²) >= 11 is 6.17. The molecule has 0 saturated heterocycles. The highest BCUT2D eigenvalue weighted by atomic mass is 35.5. The highest BCUT2D eigenvalue weighted by molar-refractivity contribution is 6.32. The molecule has 0 heterocycles. The molecule has 2 aromatic carbocycles. The first kappa shape index (κ1) is 20.6. The summed E-state index contributed by atoms with van der Waals surface area (Å²) in [5.41, 5.74) is 0.577. The third kappa shape index (κ3) is 4.92. The molecule has 2 rings (SSSR count). The molecule has 0 unspecified atom stereocenters. The standard InChI is InChI=1S/C20H21ClO6/c1-5-26-19-16(21)10-14(11-17(19)25-4)20(23)27-12(2)18(22)13-6-8-15(24-3)9-7-13/h6-12H,5H2,1-4H3/t12-/m1/s1. The summed E-state index contributed by atoms with van der Waals surface area (Å²) in [6.45, 7) is 3.72. The summed E-state index contributed by atoms with van der Waals surface area (Å²) in [5.74, 6) is 0.279. The van der Waals surface area contributed by atoms with Gasteiger partial charge in [0.15, 0.2) is 17.6 Å². The molecule has 27 heavy (non-hydrogen) atoms. The SMILES string of the molecule is CCOc1c(Cl)cc(C(=O)O[C@H](C)C(=O)c2ccc(OC)cc2)cc1OC. The van der Waals surface area contributed by atoms with E-state index in [1.54, 1.807) is 24.3 Å². The van der Waals surface area contributed by atoms with Crippen LogP contribution in [0, 0.1) is 0 Å². The van der Waals surface area contributed by atoms with Gasteiger partial charge in [0.05, 0.1) is 31.4 Å². The van der Waals surface area contributed by atoms with Gasteiger partial charge in [-0.25, -0.2) is 4.79 Å². The first-order valence-corrected chi connectivity index (χ1v) is 8.68. The van der Waals surface area contributed by atoms with Gasteiger partial charge in [-0.05, 0) is 50.2 Å². The molecule has 7 heteroatoms. The van der Waals surface area contributed by atoms with Gasteiger partial charge in [0.1, 0.15) is 5.75 Å². The first-order valence-electron chi connectivity index (χ1n) is 8.30. The van der Waals surface area contributed by atoms with E-state index < -0.39 is 12.1 Å². The minimum atomic E-state index is -0.970. The second-order valence-corrected chi connectivity index (χ2v) is 5.97. The maximum absolute atomic E-state index is 12.5. The number of methoxy groups -OCH3 is 2. The van der Waals surface area contributed by atoms with Crippen molar-refractivity contribution in [2.24, 2.45) is 0 Å². The molecule has 0 N–H and O–H groups in total. The first-order chi connectivity index (χ1) is 12.9. The van der Waals surface area contributed by atoms with E-state index in [0.717, 1.165) is 0 Å². The zero-order chi connectivity index (χ0) is 20.0. The third-order valence-corrected chi connectivity index (χ3v) is 4.06. The molecular weight excluding hydrogens is 372 g/mol. The van der Waals surface area contributed by atoms with Gasteiger partial charge in [-0.15, -0.1) is 0 Å². The predicted molar refractivity (Wildman–Crippen MR) is 101 cm³/mol. The molecule has 0 aliphatic carbocycles. The molecule has 0 aliphatic heterocycles. The Labute approximate surface area is 162 Å². The van der Waals surface area contributed by atoms with E-state index in [2.05, 4.69) is 0 Å². The Morgan fingerprint density at radius 1 is 1.04 bits per heavy atom. The van der Waals surface area contributed by atoms with Crippen molar-refractivity contribution < 1.29 is 28.5 Å². The normalized spacial score (nSPS) is 11.4. The zero-order valence-corrected chi connectivity index (χ0v) is 16.3. The van der Waals surface area contributed by atoms with Crippen LogP contribution in [0.3, 0.4) is 0 Å². The number of halogens is 1. The lowest BCUT2D eigenvalue weighted by molar-refractivity contribution is 0.0318. The fourth-order valence-electron chi connectivity index (χ4n) is 2.39.